The van der Waals surface area contributed by atoms with Crippen LogP contribution in [0, 0.1) is 0 Å². The van der Waals surface area contributed by atoms with Gasteiger partial charge in [-0.25, -0.2) is 44.9 Å². The summed E-state index contributed by atoms with van der Waals surface area (Å²) in [4.78, 5) is 44.9. The van der Waals surface area contributed by atoms with E-state index in [2.05, 4.69) is 279 Å². The van der Waals surface area contributed by atoms with Crippen molar-refractivity contribution in [3.8, 4) is 136 Å². The Hall–Kier alpha value is -17.4. The van der Waals surface area contributed by atoms with Crippen LogP contribution in [0.3, 0.4) is 0 Å². The summed E-state index contributed by atoms with van der Waals surface area (Å²) >= 11 is 0. The number of aromatic nitrogens is 9. The van der Waals surface area contributed by atoms with Gasteiger partial charge in [-0.2, -0.15) is 0 Å². The van der Waals surface area contributed by atoms with Gasteiger partial charge in [0.25, 0.3) is 0 Å². The summed E-state index contributed by atoms with van der Waals surface area (Å²) in [5.41, 5.74) is 20.4. The Kier molecular flexibility index (Phi) is 19.0. The number of para-hydroxylation sites is 3. The second kappa shape index (κ2) is 32.2. The number of rotatable bonds is 12. The molecule has 0 radical (unpaired) electrons. The molecule has 0 spiro atoms. The SMILES string of the molecule is c1ccc(-c2ccc(-c3nc(-c4ccccc4)nc(-c4ccc5c(c4)oc4ccccc45)n3)cc2)cc1.c1ccc(-c2nc(-c3ccc4ccccc4c3)nc(-c3cccc4c(-c5ccc6c(c5)oc5ccccc56)cccc34)n2)cc1.c1ccc2cc(-c3ccc(-c4nc(-c5ccc6ccccc6c5)nc(-c5cccc6oc7ccccc7c56)n4)cc3)ccc2c1. The molecule has 19 aromatic carbocycles. The monoisotopic (exact) mass is 1630 g/mol. The highest BCUT2D eigenvalue weighted by atomic mass is 16.3. The Labute approximate surface area is 728 Å². The molecule has 0 amide bonds. The van der Waals surface area contributed by atoms with Gasteiger partial charge in [-0.3, -0.25) is 0 Å². The first-order valence-corrected chi connectivity index (χ1v) is 42.3. The molecule has 0 fully saturated rings. The van der Waals surface area contributed by atoms with Gasteiger partial charge in [-0.05, 0) is 143 Å². The summed E-state index contributed by atoms with van der Waals surface area (Å²) in [6, 6.07) is 148. The van der Waals surface area contributed by atoms with E-state index in [1.165, 1.54) is 32.7 Å². The van der Waals surface area contributed by atoms with Gasteiger partial charge in [0.2, 0.25) is 0 Å². The van der Waals surface area contributed by atoms with E-state index in [-0.39, 0.29) is 0 Å². The third kappa shape index (κ3) is 14.5. The fraction of sp³-hybridized carbons (Fsp3) is 0. The highest BCUT2D eigenvalue weighted by Crippen LogP contribution is 2.42. The minimum atomic E-state index is 0.610. The number of nitrogens with zero attached hydrogens (tertiary/aromatic N) is 9. The molecule has 25 aromatic rings. The van der Waals surface area contributed by atoms with Crippen molar-refractivity contribution in [1.82, 2.24) is 44.9 Å². The van der Waals surface area contributed by atoms with Crippen molar-refractivity contribution in [3.63, 3.8) is 0 Å². The molecule has 0 saturated carbocycles. The van der Waals surface area contributed by atoms with E-state index in [0.29, 0.717) is 52.4 Å². The van der Waals surface area contributed by atoms with Crippen molar-refractivity contribution in [2.24, 2.45) is 0 Å². The smallest absolute Gasteiger partial charge is 0.164 e. The highest BCUT2D eigenvalue weighted by molar-refractivity contribution is 6.13. The summed E-state index contributed by atoms with van der Waals surface area (Å²) < 4.78 is 18.6. The molecule has 0 aliphatic heterocycles. The fourth-order valence-corrected chi connectivity index (χ4v) is 17.2. The van der Waals surface area contributed by atoms with Gasteiger partial charge < -0.3 is 13.3 Å². The standard InChI is InChI=1S/2C41H25N3O.C33H21N3O/c1-3-10-30-24-32(22-18-26(30)8-1)28-16-20-29(21-17-28)39-42-40(33-23-19-27-9-2-4-11-31(27)25-33)44-41(43-39)35-13-7-15-37-38(35)34-12-5-6-14-36(34)45-37;1-2-11-27(12-3-1)39-42-40(30-21-20-26-10-4-5-13-28(26)24-30)44-41(43-39)36-18-9-16-32-31(15-8-17-33(32)36)29-22-23-35-34-14-6-7-19-37(34)45-38(35)25-29;1-3-9-22(10-4-1)23-15-17-25(18-16-23)32-34-31(24-11-5-2-6-12-24)35-33(36-32)26-19-20-28-27-13-7-8-14-29(27)37-30(28)21-26/h2*1-25H;1-21H. The second-order valence-corrected chi connectivity index (χ2v) is 31.5. The molecule has 0 saturated heterocycles. The first-order valence-electron chi connectivity index (χ1n) is 42.3. The fourth-order valence-electron chi connectivity index (χ4n) is 17.2. The Bertz CT molecular complexity index is 8530. The van der Waals surface area contributed by atoms with Crippen LogP contribution in [0.25, 0.3) is 245 Å². The van der Waals surface area contributed by atoms with Gasteiger partial charge in [0.05, 0.1) is 0 Å². The third-order valence-corrected chi connectivity index (χ3v) is 23.6. The molecular weight excluding hydrogens is 1560 g/mol. The highest BCUT2D eigenvalue weighted by Gasteiger charge is 2.23. The number of furan rings is 3. The normalized spacial score (nSPS) is 11.5. The van der Waals surface area contributed by atoms with E-state index >= 15 is 0 Å². The van der Waals surface area contributed by atoms with Gasteiger partial charge in [-0.1, -0.05) is 364 Å². The van der Waals surface area contributed by atoms with Crippen LogP contribution in [-0.4, -0.2) is 44.9 Å². The van der Waals surface area contributed by atoms with E-state index in [0.717, 1.165) is 160 Å². The molecule has 0 aliphatic carbocycles. The number of hydrogen-bond acceptors (Lipinski definition) is 12. The molecule has 12 nitrogen and oxygen atoms in total. The Morgan fingerprint density at radius 2 is 0.394 bits per heavy atom. The minimum Gasteiger partial charge on any atom is -0.456 e. The molecule has 25 rings (SSSR count). The van der Waals surface area contributed by atoms with Crippen LogP contribution in [0.4, 0.5) is 0 Å². The van der Waals surface area contributed by atoms with Crippen LogP contribution < -0.4 is 0 Å². The van der Waals surface area contributed by atoms with E-state index in [1.807, 2.05) is 152 Å². The van der Waals surface area contributed by atoms with Crippen molar-refractivity contribution in [2.75, 3.05) is 0 Å². The summed E-state index contributed by atoms with van der Waals surface area (Å²) in [6.07, 6.45) is 0. The number of fused-ring (bicyclic) bond motifs is 13. The molecule has 594 valence electrons. The molecule has 0 aliphatic rings. The van der Waals surface area contributed by atoms with E-state index < -0.39 is 0 Å². The number of benzene rings is 19. The molecule has 0 N–H and O–H groups in total. The van der Waals surface area contributed by atoms with Crippen molar-refractivity contribution in [3.05, 3.63) is 431 Å². The Morgan fingerprint density at radius 3 is 0.890 bits per heavy atom. The largest absolute Gasteiger partial charge is 0.456 e. The van der Waals surface area contributed by atoms with Crippen LogP contribution in [0.5, 0.6) is 0 Å². The lowest BCUT2D eigenvalue weighted by Gasteiger charge is -2.13. The maximum absolute atomic E-state index is 6.23. The summed E-state index contributed by atoms with van der Waals surface area (Å²) in [7, 11) is 0. The average Bonchev–Trinajstić information content (AvgIpc) is 1.67. The molecule has 0 bridgehead atoms. The first kappa shape index (κ1) is 74.7. The molecule has 6 aromatic heterocycles. The molecule has 0 unspecified atom stereocenters. The van der Waals surface area contributed by atoms with Crippen LogP contribution in [0.15, 0.2) is 444 Å². The van der Waals surface area contributed by atoms with Crippen molar-refractivity contribution in [1.29, 1.82) is 0 Å². The molecular formula is C115H71N9O3. The third-order valence-electron chi connectivity index (χ3n) is 23.6. The summed E-state index contributed by atoms with van der Waals surface area (Å²) in [5, 5.41) is 15.8. The summed E-state index contributed by atoms with van der Waals surface area (Å²) in [5.74, 6) is 5.67. The van der Waals surface area contributed by atoms with Gasteiger partial charge in [0.15, 0.2) is 52.4 Å². The zero-order valence-corrected chi connectivity index (χ0v) is 68.2. The number of hydrogen-bond donors (Lipinski definition) is 0. The lowest BCUT2D eigenvalue weighted by atomic mass is 9.95. The van der Waals surface area contributed by atoms with Crippen LogP contribution in [0.1, 0.15) is 0 Å². The van der Waals surface area contributed by atoms with Gasteiger partial charge in [0.1, 0.15) is 33.5 Å². The predicted octanol–water partition coefficient (Wildman–Crippen LogP) is 29.9. The average molecular weight is 1630 g/mol. The van der Waals surface area contributed by atoms with Crippen molar-refractivity contribution in [2.45, 2.75) is 0 Å². The maximum atomic E-state index is 6.23. The van der Waals surface area contributed by atoms with E-state index in [1.54, 1.807) is 0 Å². The first-order chi connectivity index (χ1) is 62.9. The zero-order valence-electron chi connectivity index (χ0n) is 68.2. The molecule has 6 heterocycles. The van der Waals surface area contributed by atoms with E-state index in [4.69, 9.17) is 58.1 Å². The topological polar surface area (TPSA) is 155 Å². The predicted molar refractivity (Wildman–Crippen MR) is 517 cm³/mol. The molecule has 12 heteroatoms. The Morgan fingerprint density at radius 1 is 0.126 bits per heavy atom. The van der Waals surface area contributed by atoms with Crippen LogP contribution in [-0.2, 0) is 0 Å². The molecule has 127 heavy (non-hydrogen) atoms. The minimum absolute atomic E-state index is 0.610. The van der Waals surface area contributed by atoms with E-state index in [9.17, 15) is 0 Å². The van der Waals surface area contributed by atoms with Gasteiger partial charge >= 0.3 is 0 Å². The van der Waals surface area contributed by atoms with Crippen LogP contribution >= 0.6 is 0 Å². The Balaban J connectivity index is 0.000000110. The quantitative estimate of drug-likeness (QED) is 0.114. The van der Waals surface area contributed by atoms with Gasteiger partial charge in [-0.15, -0.1) is 0 Å². The maximum Gasteiger partial charge on any atom is 0.164 e. The lowest BCUT2D eigenvalue weighted by Crippen LogP contribution is -2.00. The summed E-state index contributed by atoms with van der Waals surface area (Å²) in [6.45, 7) is 0. The molecule has 0 atom stereocenters. The van der Waals surface area contributed by atoms with Crippen molar-refractivity contribution >= 4 is 109 Å². The van der Waals surface area contributed by atoms with Crippen LogP contribution in [0.2, 0.25) is 0 Å². The van der Waals surface area contributed by atoms with Crippen molar-refractivity contribution < 1.29 is 13.3 Å². The van der Waals surface area contributed by atoms with Gasteiger partial charge in [0, 0.05) is 82.4 Å². The second-order valence-electron chi connectivity index (χ2n) is 31.5. The lowest BCUT2D eigenvalue weighted by molar-refractivity contribution is 0.668. The zero-order chi connectivity index (χ0) is 84.1.